The Hall–Kier alpha value is 0.380. The van der Waals surface area contributed by atoms with Crippen LogP contribution >= 0.6 is 17.0 Å². The van der Waals surface area contributed by atoms with Crippen LogP contribution in [0.25, 0.3) is 0 Å². The quantitative estimate of drug-likeness (QED) is 0.376. The molecule has 0 saturated carbocycles. The van der Waals surface area contributed by atoms with Gasteiger partial charge >= 0.3 is 37.9 Å². The zero-order chi connectivity index (χ0) is 17.4. The fourth-order valence-electron chi connectivity index (χ4n) is 1.69. The van der Waals surface area contributed by atoms with E-state index in [0.29, 0.717) is 0 Å². The van der Waals surface area contributed by atoms with E-state index >= 15 is 0 Å². The maximum absolute atomic E-state index is 4.93. The SMILES string of the molecule is CCc1cc(C)c[cH-]1.CCc1cc(C)c[cH-]1.C[SiH]C.[Cl][Zr+2][Cl]. The molecular weight excluding hydrogens is 406 g/mol. The van der Waals surface area contributed by atoms with Crippen molar-refractivity contribution in [1.29, 1.82) is 0 Å². The van der Waals surface area contributed by atoms with Crippen LogP contribution < -0.4 is 0 Å². The molecule has 0 aromatic heterocycles. The van der Waals surface area contributed by atoms with Crippen molar-refractivity contribution < 1.29 is 20.8 Å². The molecule has 0 saturated heterocycles. The van der Waals surface area contributed by atoms with Crippen LogP contribution in [-0.2, 0) is 33.7 Å². The van der Waals surface area contributed by atoms with Gasteiger partial charge in [-0.3, -0.25) is 0 Å². The van der Waals surface area contributed by atoms with Crippen molar-refractivity contribution >= 4 is 26.5 Å². The van der Waals surface area contributed by atoms with Crippen LogP contribution in [0.3, 0.4) is 0 Å². The van der Waals surface area contributed by atoms with E-state index in [1.807, 2.05) is 0 Å². The average Bonchev–Trinajstić information content (AvgIpc) is 3.09. The first-order valence-electron chi connectivity index (χ1n) is 7.63. The fraction of sp³-hybridized carbons (Fsp3) is 0.444. The Labute approximate surface area is 158 Å². The molecule has 2 aromatic carbocycles. The van der Waals surface area contributed by atoms with E-state index in [1.54, 1.807) is 0 Å². The third kappa shape index (κ3) is 15.3. The van der Waals surface area contributed by atoms with Crippen LogP contribution in [0.4, 0.5) is 0 Å². The second-order valence-corrected chi connectivity index (χ2v) is 9.84. The summed E-state index contributed by atoms with van der Waals surface area (Å²) in [6.07, 6.45) is 2.32. The fourth-order valence-corrected chi connectivity index (χ4v) is 1.69. The summed E-state index contributed by atoms with van der Waals surface area (Å²) in [5.74, 6) is 0. The molecule has 0 nitrogen and oxygen atoms in total. The van der Waals surface area contributed by atoms with Crippen molar-refractivity contribution in [3.05, 3.63) is 58.7 Å². The molecule has 0 aliphatic heterocycles. The van der Waals surface area contributed by atoms with Gasteiger partial charge in [0.2, 0.25) is 0 Å². The molecule has 0 amide bonds. The van der Waals surface area contributed by atoms with Gasteiger partial charge in [0.05, 0.1) is 0 Å². The molecular formula is C18H29Cl2SiZr. The van der Waals surface area contributed by atoms with Gasteiger partial charge in [0.25, 0.3) is 0 Å². The molecule has 1 radical (unpaired) electrons. The zero-order valence-electron chi connectivity index (χ0n) is 14.7. The molecule has 2 aromatic rings. The molecule has 0 N–H and O–H groups in total. The van der Waals surface area contributed by atoms with Crippen molar-refractivity contribution in [2.45, 2.75) is 53.6 Å². The van der Waals surface area contributed by atoms with Gasteiger partial charge in [-0.1, -0.05) is 53.6 Å². The topological polar surface area (TPSA) is 0 Å². The third-order valence-electron chi connectivity index (χ3n) is 2.76. The molecule has 0 atom stereocenters. The van der Waals surface area contributed by atoms with E-state index in [-0.39, 0.29) is 0 Å². The first kappa shape index (κ1) is 24.6. The van der Waals surface area contributed by atoms with Crippen LogP contribution in [0.1, 0.15) is 36.1 Å². The van der Waals surface area contributed by atoms with Gasteiger partial charge in [-0.05, 0) is 0 Å². The van der Waals surface area contributed by atoms with Gasteiger partial charge < -0.3 is 0 Å². The molecule has 0 unspecified atom stereocenters. The maximum atomic E-state index is 4.93. The monoisotopic (exact) mass is 433 g/mol. The summed E-state index contributed by atoms with van der Waals surface area (Å²) in [5, 5.41) is 0. The minimum atomic E-state index is -0.826. The van der Waals surface area contributed by atoms with Gasteiger partial charge in [-0.25, -0.2) is 23.3 Å². The Morgan fingerprint density at radius 3 is 1.27 bits per heavy atom. The molecule has 0 aliphatic rings. The summed E-state index contributed by atoms with van der Waals surface area (Å²) in [7, 11) is 10.6. The Balaban J connectivity index is 0. The third-order valence-corrected chi connectivity index (χ3v) is 2.76. The van der Waals surface area contributed by atoms with Crippen LogP contribution in [0.5, 0.6) is 0 Å². The summed E-state index contributed by atoms with van der Waals surface area (Å²) < 4.78 is 0. The normalized spacial score (nSPS) is 8.36. The summed E-state index contributed by atoms with van der Waals surface area (Å²) in [4.78, 5) is 0. The summed E-state index contributed by atoms with van der Waals surface area (Å²) >= 11 is -0.826. The average molecular weight is 436 g/mol. The van der Waals surface area contributed by atoms with Gasteiger partial charge in [0, 0.05) is 9.52 Å². The molecule has 0 heterocycles. The molecule has 2 rings (SSSR count). The van der Waals surface area contributed by atoms with Crippen molar-refractivity contribution in [3.8, 4) is 0 Å². The number of hydrogen-bond donors (Lipinski definition) is 0. The van der Waals surface area contributed by atoms with E-state index in [4.69, 9.17) is 17.0 Å². The van der Waals surface area contributed by atoms with Gasteiger partial charge in [-0.15, -0.1) is 0 Å². The van der Waals surface area contributed by atoms with Crippen LogP contribution in [0.2, 0.25) is 13.1 Å². The van der Waals surface area contributed by atoms with E-state index in [2.05, 4.69) is 77.2 Å². The molecule has 0 bridgehead atoms. The van der Waals surface area contributed by atoms with Crippen LogP contribution in [-0.4, -0.2) is 9.52 Å². The summed E-state index contributed by atoms with van der Waals surface area (Å²) in [6, 6.07) is 13.1. The molecule has 123 valence electrons. The van der Waals surface area contributed by atoms with Crippen molar-refractivity contribution in [2.75, 3.05) is 0 Å². The Bertz CT molecular complexity index is 407. The van der Waals surface area contributed by atoms with E-state index in [9.17, 15) is 0 Å². The molecule has 22 heavy (non-hydrogen) atoms. The summed E-state index contributed by atoms with van der Waals surface area (Å²) in [5.41, 5.74) is 5.65. The van der Waals surface area contributed by atoms with E-state index in [0.717, 1.165) is 22.4 Å². The summed E-state index contributed by atoms with van der Waals surface area (Å²) in [6.45, 7) is 13.0. The van der Waals surface area contributed by atoms with Crippen molar-refractivity contribution in [2.24, 2.45) is 0 Å². The second-order valence-electron chi connectivity index (χ2n) is 4.95. The van der Waals surface area contributed by atoms with Crippen molar-refractivity contribution in [3.63, 3.8) is 0 Å². The second kappa shape index (κ2) is 17.7. The van der Waals surface area contributed by atoms with Crippen LogP contribution in [0, 0.1) is 13.8 Å². The molecule has 0 fully saturated rings. The van der Waals surface area contributed by atoms with Gasteiger partial charge in [0.15, 0.2) is 0 Å². The Kier molecular flexibility index (Phi) is 19.8. The Morgan fingerprint density at radius 2 is 1.18 bits per heavy atom. The van der Waals surface area contributed by atoms with Gasteiger partial charge in [0.1, 0.15) is 0 Å². The Morgan fingerprint density at radius 1 is 0.909 bits per heavy atom. The number of hydrogen-bond acceptors (Lipinski definition) is 0. The first-order chi connectivity index (χ1) is 10.5. The van der Waals surface area contributed by atoms with Crippen molar-refractivity contribution in [1.82, 2.24) is 0 Å². The first-order valence-corrected chi connectivity index (χ1v) is 16.3. The minimum absolute atomic E-state index is 0.750. The standard InChI is InChI=1S/2C8H11.C2H7Si.2ClH.Zr/c2*1-3-8-5-4-7(2)6-8;1-3-2;;;/h2*4-6H,3H2,1-2H3;3H,1-2H3;2*1H;/q2*-1;;;;+4/p-2. The number of rotatable bonds is 2. The van der Waals surface area contributed by atoms with Crippen LogP contribution in [0.15, 0.2) is 36.4 Å². The van der Waals surface area contributed by atoms with E-state index < -0.39 is 20.8 Å². The molecule has 0 spiro atoms. The molecule has 4 heteroatoms. The predicted molar refractivity (Wildman–Crippen MR) is 103 cm³/mol. The van der Waals surface area contributed by atoms with E-state index in [1.165, 1.54) is 22.3 Å². The predicted octanol–water partition coefficient (Wildman–Crippen LogP) is 6.45. The molecule has 0 aliphatic carbocycles. The number of halogens is 2. The number of aryl methyl sites for hydroxylation is 4. The zero-order valence-corrected chi connectivity index (χ0v) is 19.8. The van der Waals surface area contributed by atoms with Gasteiger partial charge in [-0.2, -0.15) is 35.4 Å².